The minimum absolute atomic E-state index is 0.0550. The predicted molar refractivity (Wildman–Crippen MR) is 59.5 cm³/mol. The summed E-state index contributed by atoms with van der Waals surface area (Å²) < 4.78 is 12.3. The minimum Gasteiger partial charge on any atom is -0.381 e. The molecule has 0 N–H and O–H groups in total. The largest absolute Gasteiger partial charge is 0.381 e. The molecule has 0 atom stereocenters. The molecular weight excluding hydrogens is 222 g/mol. The zero-order chi connectivity index (χ0) is 12.3. The highest BCUT2D eigenvalue weighted by molar-refractivity contribution is 5.88. The molecule has 0 unspecified atom stereocenters. The van der Waals surface area contributed by atoms with Gasteiger partial charge >= 0.3 is 0 Å². The summed E-state index contributed by atoms with van der Waals surface area (Å²) in [6.45, 7) is 1.14. The highest BCUT2D eigenvalue weighted by Gasteiger charge is 2.40. The average molecular weight is 239 g/mol. The lowest BCUT2D eigenvalue weighted by molar-refractivity contribution is -0.152. The van der Waals surface area contributed by atoms with E-state index in [1.54, 1.807) is 18.8 Å². The monoisotopic (exact) mass is 239 g/mol. The number of hydrogen-bond donors (Lipinski definition) is 0. The van der Waals surface area contributed by atoms with Crippen LogP contribution in [0.3, 0.4) is 0 Å². The molecule has 0 bridgehead atoms. The predicted octanol–water partition coefficient (Wildman–Crippen LogP) is 0.122. The normalized spacial score (nSPS) is 19.2. The van der Waals surface area contributed by atoms with Gasteiger partial charge in [0, 0.05) is 40.2 Å². The number of ketones is 1. The maximum absolute atomic E-state index is 12.3. The first kappa shape index (κ1) is 12.2. The zero-order valence-electron chi connectivity index (χ0n) is 10.2. The summed E-state index contributed by atoms with van der Waals surface area (Å²) in [6.07, 6.45) is 2.93. The summed E-state index contributed by atoms with van der Waals surface area (Å²) in [6, 6.07) is 0. The Kier molecular flexibility index (Phi) is 3.54. The van der Waals surface area contributed by atoms with E-state index in [2.05, 4.69) is 10.1 Å². The summed E-state index contributed by atoms with van der Waals surface area (Å²) in [4.78, 5) is 16.4. The number of methoxy groups -OCH3 is 1. The fourth-order valence-electron chi connectivity index (χ4n) is 2.08. The van der Waals surface area contributed by atoms with Crippen LogP contribution in [0.5, 0.6) is 0 Å². The molecule has 0 aromatic carbocycles. The van der Waals surface area contributed by atoms with Crippen molar-refractivity contribution in [3.05, 3.63) is 12.2 Å². The average Bonchev–Trinajstić information content (AvgIpc) is 2.76. The van der Waals surface area contributed by atoms with Crippen LogP contribution in [0.4, 0.5) is 0 Å². The van der Waals surface area contributed by atoms with E-state index in [4.69, 9.17) is 9.47 Å². The van der Waals surface area contributed by atoms with Crippen LogP contribution in [-0.2, 0) is 27.7 Å². The summed E-state index contributed by atoms with van der Waals surface area (Å²) in [5.74, 6) is 0.720. The number of carbonyl (C=O) groups is 1. The molecule has 0 saturated carbocycles. The van der Waals surface area contributed by atoms with Crippen molar-refractivity contribution in [2.45, 2.75) is 24.9 Å². The van der Waals surface area contributed by atoms with Gasteiger partial charge in [-0.15, -0.1) is 0 Å². The first-order chi connectivity index (χ1) is 8.18. The second-order valence-corrected chi connectivity index (χ2v) is 4.21. The minimum atomic E-state index is -0.704. The molecule has 1 fully saturated rings. The van der Waals surface area contributed by atoms with Crippen LogP contribution in [0, 0.1) is 0 Å². The van der Waals surface area contributed by atoms with Gasteiger partial charge in [0.15, 0.2) is 5.78 Å². The molecule has 6 nitrogen and oxygen atoms in total. The van der Waals surface area contributed by atoms with Crippen LogP contribution >= 0.6 is 0 Å². The fraction of sp³-hybridized carbons (Fsp3) is 0.727. The van der Waals surface area contributed by atoms with Crippen molar-refractivity contribution in [3.63, 3.8) is 0 Å². The van der Waals surface area contributed by atoms with E-state index in [9.17, 15) is 4.79 Å². The molecule has 2 heterocycles. The molecule has 6 heteroatoms. The molecule has 17 heavy (non-hydrogen) atoms. The van der Waals surface area contributed by atoms with Crippen LogP contribution < -0.4 is 0 Å². The second-order valence-electron chi connectivity index (χ2n) is 4.21. The van der Waals surface area contributed by atoms with Crippen molar-refractivity contribution >= 4 is 5.78 Å². The molecule has 1 aromatic rings. The Balaban J connectivity index is 2.10. The number of rotatable bonds is 4. The van der Waals surface area contributed by atoms with Gasteiger partial charge in [-0.1, -0.05) is 0 Å². The van der Waals surface area contributed by atoms with Gasteiger partial charge in [-0.05, 0) is 0 Å². The lowest BCUT2D eigenvalue weighted by atomic mass is 9.87. The SMILES string of the molecule is COC1(C(=O)Cc2ncnn2C)CCOCC1. The van der Waals surface area contributed by atoms with E-state index in [1.807, 2.05) is 0 Å². The molecule has 1 aromatic heterocycles. The third kappa shape index (κ3) is 2.37. The Hall–Kier alpha value is -1.27. The van der Waals surface area contributed by atoms with Gasteiger partial charge in [0.25, 0.3) is 0 Å². The van der Waals surface area contributed by atoms with Gasteiger partial charge in [-0.25, -0.2) is 4.98 Å². The lowest BCUT2D eigenvalue weighted by Crippen LogP contribution is -2.46. The number of ether oxygens (including phenoxy) is 2. The van der Waals surface area contributed by atoms with Crippen molar-refractivity contribution in [3.8, 4) is 0 Å². The Bertz CT molecular complexity index is 396. The maximum atomic E-state index is 12.3. The van der Waals surface area contributed by atoms with E-state index < -0.39 is 5.60 Å². The number of hydrogen-bond acceptors (Lipinski definition) is 5. The first-order valence-electron chi connectivity index (χ1n) is 5.67. The molecule has 94 valence electrons. The van der Waals surface area contributed by atoms with Gasteiger partial charge < -0.3 is 9.47 Å². The van der Waals surface area contributed by atoms with Gasteiger partial charge in [0.2, 0.25) is 0 Å². The Labute approximate surface area is 99.9 Å². The van der Waals surface area contributed by atoms with Gasteiger partial charge in [0.1, 0.15) is 17.8 Å². The molecule has 1 aliphatic heterocycles. The standard InChI is InChI=1S/C11H17N3O3/c1-14-10(12-8-13-14)7-9(15)11(16-2)3-5-17-6-4-11/h8H,3-7H2,1-2H3. The van der Waals surface area contributed by atoms with E-state index >= 15 is 0 Å². The lowest BCUT2D eigenvalue weighted by Gasteiger charge is -2.34. The van der Waals surface area contributed by atoms with Crippen molar-refractivity contribution in [1.29, 1.82) is 0 Å². The van der Waals surface area contributed by atoms with Crippen LogP contribution in [0.15, 0.2) is 6.33 Å². The van der Waals surface area contributed by atoms with Crippen molar-refractivity contribution in [2.24, 2.45) is 7.05 Å². The Morgan fingerprint density at radius 1 is 1.59 bits per heavy atom. The third-order valence-corrected chi connectivity index (χ3v) is 3.32. The number of nitrogens with zero attached hydrogens (tertiary/aromatic N) is 3. The Morgan fingerprint density at radius 3 is 2.82 bits per heavy atom. The van der Waals surface area contributed by atoms with Gasteiger partial charge in [0.05, 0.1) is 6.42 Å². The van der Waals surface area contributed by atoms with Gasteiger partial charge in [-0.2, -0.15) is 5.10 Å². The number of aryl methyl sites for hydroxylation is 1. The molecular formula is C11H17N3O3. The molecule has 2 rings (SSSR count). The van der Waals surface area contributed by atoms with Crippen LogP contribution in [0.1, 0.15) is 18.7 Å². The van der Waals surface area contributed by atoms with Crippen molar-refractivity contribution in [1.82, 2.24) is 14.8 Å². The maximum Gasteiger partial charge on any atom is 0.172 e. The summed E-state index contributed by atoms with van der Waals surface area (Å²) >= 11 is 0. The topological polar surface area (TPSA) is 66.2 Å². The van der Waals surface area contributed by atoms with E-state index in [0.717, 1.165) is 0 Å². The zero-order valence-corrected chi connectivity index (χ0v) is 10.2. The smallest absolute Gasteiger partial charge is 0.172 e. The molecule has 1 saturated heterocycles. The summed E-state index contributed by atoms with van der Waals surface area (Å²) in [5, 5.41) is 3.95. The fourth-order valence-corrected chi connectivity index (χ4v) is 2.08. The molecule has 1 aliphatic rings. The quantitative estimate of drug-likeness (QED) is 0.746. The molecule has 0 spiro atoms. The molecule has 0 radical (unpaired) electrons. The first-order valence-corrected chi connectivity index (χ1v) is 5.67. The van der Waals surface area contributed by atoms with Gasteiger partial charge in [-0.3, -0.25) is 9.48 Å². The number of Topliss-reactive ketones (excluding diaryl/α,β-unsaturated/α-hetero) is 1. The van der Waals surface area contributed by atoms with E-state index in [0.29, 0.717) is 31.9 Å². The number of carbonyl (C=O) groups excluding carboxylic acids is 1. The summed E-state index contributed by atoms with van der Waals surface area (Å²) in [5.41, 5.74) is -0.704. The molecule has 0 amide bonds. The van der Waals surface area contributed by atoms with Crippen molar-refractivity contribution < 1.29 is 14.3 Å². The van der Waals surface area contributed by atoms with Crippen LogP contribution in [0.25, 0.3) is 0 Å². The second kappa shape index (κ2) is 4.93. The van der Waals surface area contributed by atoms with Crippen LogP contribution in [0.2, 0.25) is 0 Å². The third-order valence-electron chi connectivity index (χ3n) is 3.32. The van der Waals surface area contributed by atoms with Crippen molar-refractivity contribution in [2.75, 3.05) is 20.3 Å². The van der Waals surface area contributed by atoms with Crippen LogP contribution in [-0.4, -0.2) is 46.5 Å². The highest BCUT2D eigenvalue weighted by atomic mass is 16.5. The Morgan fingerprint density at radius 2 is 2.29 bits per heavy atom. The summed E-state index contributed by atoms with van der Waals surface area (Å²) in [7, 11) is 3.36. The molecule has 0 aliphatic carbocycles. The number of aromatic nitrogens is 3. The van der Waals surface area contributed by atoms with E-state index in [1.165, 1.54) is 6.33 Å². The highest BCUT2D eigenvalue weighted by Crippen LogP contribution is 2.26. The van der Waals surface area contributed by atoms with E-state index in [-0.39, 0.29) is 12.2 Å².